The van der Waals surface area contributed by atoms with E-state index in [1.807, 2.05) is 0 Å². The van der Waals surface area contributed by atoms with Gasteiger partial charge in [-0.25, -0.2) is 0 Å². The van der Waals surface area contributed by atoms with Crippen LogP contribution >= 0.6 is 11.3 Å². The van der Waals surface area contributed by atoms with Crippen molar-refractivity contribution in [2.45, 2.75) is 26.2 Å². The normalized spacial score (nSPS) is 10.2. The van der Waals surface area contributed by atoms with E-state index in [-0.39, 0.29) is 5.91 Å². The smallest absolute Gasteiger partial charge is 0.284 e. The Bertz CT molecular complexity index is 339. The minimum absolute atomic E-state index is 0.0462. The molecule has 1 rings (SSSR count). The van der Waals surface area contributed by atoms with Crippen molar-refractivity contribution < 1.29 is 4.79 Å². The maximum absolute atomic E-state index is 11.9. The van der Waals surface area contributed by atoms with E-state index in [9.17, 15) is 4.79 Å². The van der Waals surface area contributed by atoms with Gasteiger partial charge in [0, 0.05) is 20.6 Å². The molecule has 1 amide bonds. The van der Waals surface area contributed by atoms with Crippen molar-refractivity contribution in [2.24, 2.45) is 0 Å². The van der Waals surface area contributed by atoms with Crippen molar-refractivity contribution in [3.63, 3.8) is 0 Å². The lowest BCUT2D eigenvalue weighted by molar-refractivity contribution is 0.0791. The van der Waals surface area contributed by atoms with Crippen LogP contribution in [0.5, 0.6) is 0 Å². The monoisotopic (exact) mass is 242 g/mol. The number of nitrogens with zero attached hydrogens (tertiary/aromatic N) is 3. The van der Waals surface area contributed by atoms with Gasteiger partial charge in [0.2, 0.25) is 10.1 Å². The van der Waals surface area contributed by atoms with Crippen LogP contribution in [0.4, 0.5) is 5.13 Å². The number of hydrogen-bond donors (Lipinski definition) is 1. The Morgan fingerprint density at radius 1 is 1.44 bits per heavy atom. The van der Waals surface area contributed by atoms with Gasteiger partial charge >= 0.3 is 0 Å². The fourth-order valence-corrected chi connectivity index (χ4v) is 1.97. The lowest BCUT2D eigenvalue weighted by Crippen LogP contribution is -2.27. The van der Waals surface area contributed by atoms with Crippen LogP contribution in [0, 0.1) is 0 Å². The van der Waals surface area contributed by atoms with Crippen LogP contribution in [-0.2, 0) is 0 Å². The van der Waals surface area contributed by atoms with E-state index < -0.39 is 0 Å². The molecule has 5 nitrogen and oxygen atoms in total. The molecule has 0 aliphatic rings. The summed E-state index contributed by atoms with van der Waals surface area (Å²) in [5.74, 6) is -0.0462. The molecule has 0 saturated heterocycles. The average Bonchev–Trinajstić information content (AvgIpc) is 2.76. The Kier molecular flexibility index (Phi) is 5.18. The standard InChI is InChI=1S/C10H18N4OS/c1-4-5-6-7-14(3)9(15)8-12-13-10(11-2)16-8/h4-7H2,1-3H3,(H,11,13). The molecule has 0 radical (unpaired) electrons. The second kappa shape index (κ2) is 6.42. The highest BCUT2D eigenvalue weighted by atomic mass is 32.1. The van der Waals surface area contributed by atoms with Crippen molar-refractivity contribution in [3.05, 3.63) is 5.01 Å². The molecule has 0 spiro atoms. The van der Waals surface area contributed by atoms with Crippen molar-refractivity contribution >= 4 is 22.4 Å². The number of carbonyl (C=O) groups is 1. The van der Waals surface area contributed by atoms with Crippen molar-refractivity contribution in [1.29, 1.82) is 0 Å². The first-order valence-electron chi connectivity index (χ1n) is 5.45. The number of aromatic nitrogens is 2. The second-order valence-corrected chi connectivity index (χ2v) is 4.57. The molecule has 0 atom stereocenters. The summed E-state index contributed by atoms with van der Waals surface area (Å²) in [6.07, 6.45) is 3.34. The highest BCUT2D eigenvalue weighted by molar-refractivity contribution is 7.17. The molecule has 90 valence electrons. The zero-order valence-electron chi connectivity index (χ0n) is 9.99. The van der Waals surface area contributed by atoms with Gasteiger partial charge in [-0.3, -0.25) is 4.79 Å². The summed E-state index contributed by atoms with van der Waals surface area (Å²) < 4.78 is 0. The van der Waals surface area contributed by atoms with Gasteiger partial charge in [0.1, 0.15) is 0 Å². The van der Waals surface area contributed by atoms with E-state index in [4.69, 9.17) is 0 Å². The SMILES string of the molecule is CCCCCN(C)C(=O)c1nnc(NC)s1. The predicted molar refractivity (Wildman–Crippen MR) is 65.9 cm³/mol. The van der Waals surface area contributed by atoms with Gasteiger partial charge in [-0.05, 0) is 6.42 Å². The van der Waals surface area contributed by atoms with Gasteiger partial charge in [-0.15, -0.1) is 10.2 Å². The third-order valence-electron chi connectivity index (χ3n) is 2.27. The van der Waals surface area contributed by atoms with E-state index in [1.54, 1.807) is 19.0 Å². The number of rotatable bonds is 6. The maximum atomic E-state index is 11.9. The Morgan fingerprint density at radius 2 is 2.19 bits per heavy atom. The minimum Gasteiger partial charge on any atom is -0.363 e. The minimum atomic E-state index is -0.0462. The second-order valence-electron chi connectivity index (χ2n) is 3.60. The first kappa shape index (κ1) is 12.9. The summed E-state index contributed by atoms with van der Waals surface area (Å²) in [7, 11) is 3.57. The van der Waals surface area contributed by atoms with Gasteiger partial charge in [-0.1, -0.05) is 31.1 Å². The van der Waals surface area contributed by atoms with Crippen molar-refractivity contribution in [1.82, 2.24) is 15.1 Å². The number of nitrogens with one attached hydrogen (secondary N) is 1. The van der Waals surface area contributed by atoms with Gasteiger partial charge in [0.05, 0.1) is 0 Å². The summed E-state index contributed by atoms with van der Waals surface area (Å²) >= 11 is 1.28. The van der Waals surface area contributed by atoms with Gasteiger partial charge in [0.15, 0.2) is 0 Å². The van der Waals surface area contributed by atoms with Gasteiger partial charge in [-0.2, -0.15) is 0 Å². The molecular weight excluding hydrogens is 224 g/mol. The van der Waals surface area contributed by atoms with Gasteiger partial charge < -0.3 is 10.2 Å². The van der Waals surface area contributed by atoms with Crippen LogP contribution in [0.1, 0.15) is 36.0 Å². The first-order valence-corrected chi connectivity index (χ1v) is 6.27. The summed E-state index contributed by atoms with van der Waals surface area (Å²) in [6, 6.07) is 0. The molecule has 1 N–H and O–H groups in total. The highest BCUT2D eigenvalue weighted by Crippen LogP contribution is 2.15. The van der Waals surface area contributed by atoms with Crippen LogP contribution in [-0.4, -0.2) is 41.6 Å². The first-order chi connectivity index (χ1) is 7.69. The van der Waals surface area contributed by atoms with Gasteiger partial charge in [0.25, 0.3) is 5.91 Å². The van der Waals surface area contributed by atoms with E-state index in [2.05, 4.69) is 22.4 Å². The molecule has 0 aromatic carbocycles. The Balaban J connectivity index is 2.49. The summed E-state index contributed by atoms with van der Waals surface area (Å²) in [5, 5.41) is 11.7. The zero-order chi connectivity index (χ0) is 12.0. The lowest BCUT2D eigenvalue weighted by Gasteiger charge is -2.14. The molecule has 0 saturated carbocycles. The van der Waals surface area contributed by atoms with Crippen molar-refractivity contribution in [3.8, 4) is 0 Å². The third-order valence-corrected chi connectivity index (χ3v) is 3.19. The maximum Gasteiger partial charge on any atom is 0.284 e. The molecule has 6 heteroatoms. The third kappa shape index (κ3) is 3.44. The number of unbranched alkanes of at least 4 members (excludes halogenated alkanes) is 2. The van der Waals surface area contributed by atoms with E-state index in [0.717, 1.165) is 25.8 Å². The number of amides is 1. The summed E-state index contributed by atoms with van der Waals surface area (Å²) in [5.41, 5.74) is 0. The molecule has 0 unspecified atom stereocenters. The highest BCUT2D eigenvalue weighted by Gasteiger charge is 2.16. The molecule has 0 bridgehead atoms. The fraction of sp³-hybridized carbons (Fsp3) is 0.700. The molecule has 1 heterocycles. The Morgan fingerprint density at radius 3 is 2.75 bits per heavy atom. The Labute approximate surface area is 99.9 Å². The topological polar surface area (TPSA) is 58.1 Å². The molecule has 0 fully saturated rings. The van der Waals surface area contributed by atoms with Crippen LogP contribution in [0.15, 0.2) is 0 Å². The summed E-state index contributed by atoms with van der Waals surface area (Å²) in [6.45, 7) is 2.92. The Hall–Kier alpha value is -1.17. The zero-order valence-corrected chi connectivity index (χ0v) is 10.8. The number of hydrogen-bond acceptors (Lipinski definition) is 5. The van der Waals surface area contributed by atoms with Crippen molar-refractivity contribution in [2.75, 3.05) is 26.0 Å². The number of carbonyl (C=O) groups excluding carboxylic acids is 1. The number of anilines is 1. The average molecular weight is 242 g/mol. The van der Waals surface area contributed by atoms with Crippen LogP contribution in [0.3, 0.4) is 0 Å². The summed E-state index contributed by atoms with van der Waals surface area (Å²) in [4.78, 5) is 13.6. The predicted octanol–water partition coefficient (Wildman–Crippen LogP) is 1.84. The molecule has 1 aromatic heterocycles. The molecule has 0 aliphatic carbocycles. The van der Waals surface area contributed by atoms with Crippen LogP contribution < -0.4 is 5.32 Å². The molecule has 1 aromatic rings. The fourth-order valence-electron chi connectivity index (χ4n) is 1.27. The van der Waals surface area contributed by atoms with Crippen LogP contribution in [0.2, 0.25) is 0 Å². The van der Waals surface area contributed by atoms with E-state index in [0.29, 0.717) is 10.1 Å². The van der Waals surface area contributed by atoms with Crippen LogP contribution in [0.25, 0.3) is 0 Å². The molecule has 0 aliphatic heterocycles. The lowest BCUT2D eigenvalue weighted by atomic mass is 10.2. The van der Waals surface area contributed by atoms with E-state index in [1.165, 1.54) is 11.3 Å². The largest absolute Gasteiger partial charge is 0.363 e. The quantitative estimate of drug-likeness (QED) is 0.773. The van der Waals surface area contributed by atoms with E-state index >= 15 is 0 Å². The molecular formula is C10H18N4OS. The molecule has 16 heavy (non-hydrogen) atoms.